The fourth-order valence-electron chi connectivity index (χ4n) is 2.90. The van der Waals surface area contributed by atoms with Gasteiger partial charge in [0, 0.05) is 23.3 Å². The van der Waals surface area contributed by atoms with Crippen molar-refractivity contribution in [2.75, 3.05) is 0 Å². The number of nitrogens with zero attached hydrogens (tertiary/aromatic N) is 3. The molecule has 0 aliphatic carbocycles. The van der Waals surface area contributed by atoms with Gasteiger partial charge in [-0.15, -0.1) is 0 Å². The molecule has 0 aliphatic rings. The number of hydrogen-bond donors (Lipinski definition) is 0. The predicted octanol–water partition coefficient (Wildman–Crippen LogP) is 4.98. The van der Waals surface area contributed by atoms with Crippen molar-refractivity contribution < 1.29 is 0 Å². The molecule has 3 aromatic rings. The van der Waals surface area contributed by atoms with Crippen molar-refractivity contribution in [2.45, 2.75) is 32.6 Å². The van der Waals surface area contributed by atoms with Crippen LogP contribution in [0.5, 0.6) is 0 Å². The molecule has 1 aromatic carbocycles. The first-order valence-electron chi connectivity index (χ1n) is 7.32. The second kappa shape index (κ2) is 5.86. The maximum Gasteiger partial charge on any atom is 0.147 e. The molecule has 0 aliphatic heterocycles. The molecule has 0 spiro atoms. The van der Waals surface area contributed by atoms with Gasteiger partial charge in [-0.25, -0.2) is 9.97 Å². The normalized spacial score (nSPS) is 11.4. The van der Waals surface area contributed by atoms with Gasteiger partial charge in [0.1, 0.15) is 17.3 Å². The molecule has 0 saturated carbocycles. The number of pyridine rings is 1. The number of benzene rings is 1. The van der Waals surface area contributed by atoms with E-state index in [1.807, 2.05) is 16.8 Å². The molecule has 0 N–H and O–H groups in total. The van der Waals surface area contributed by atoms with Gasteiger partial charge in [0.15, 0.2) is 0 Å². The summed E-state index contributed by atoms with van der Waals surface area (Å²) in [6, 6.07) is 8.33. The van der Waals surface area contributed by atoms with Crippen LogP contribution < -0.4 is 0 Å². The Morgan fingerprint density at radius 2 is 1.86 bits per heavy atom. The molecule has 2 aromatic heterocycles. The molecule has 21 heavy (non-hydrogen) atoms. The van der Waals surface area contributed by atoms with Crippen LogP contribution in [0.1, 0.15) is 38.2 Å². The topological polar surface area (TPSA) is 30.7 Å². The lowest BCUT2D eigenvalue weighted by Gasteiger charge is -2.19. The number of hydrogen-bond acceptors (Lipinski definition) is 2. The van der Waals surface area contributed by atoms with Gasteiger partial charge in [0.05, 0.1) is 0 Å². The van der Waals surface area contributed by atoms with Crippen molar-refractivity contribution in [3.05, 3.63) is 53.7 Å². The third kappa shape index (κ3) is 2.42. The molecule has 3 nitrogen and oxygen atoms in total. The Kier molecular flexibility index (Phi) is 3.93. The van der Waals surface area contributed by atoms with E-state index in [0.717, 1.165) is 24.0 Å². The Balaban J connectivity index is 2.33. The maximum absolute atomic E-state index is 6.53. The average Bonchev–Trinajstić information content (AvgIpc) is 3.04. The van der Waals surface area contributed by atoms with E-state index in [9.17, 15) is 0 Å². The van der Waals surface area contributed by atoms with Gasteiger partial charge >= 0.3 is 0 Å². The van der Waals surface area contributed by atoms with Gasteiger partial charge in [-0.3, -0.25) is 4.57 Å². The molecular weight excluding hydrogens is 282 g/mol. The minimum Gasteiger partial charge on any atom is -0.290 e. The Morgan fingerprint density at radius 3 is 2.48 bits per heavy atom. The van der Waals surface area contributed by atoms with E-state index in [1.54, 1.807) is 12.5 Å². The Bertz CT molecular complexity index is 746. The summed E-state index contributed by atoms with van der Waals surface area (Å²) >= 11 is 6.53. The second-order valence-electron chi connectivity index (χ2n) is 5.17. The van der Waals surface area contributed by atoms with Crippen molar-refractivity contribution in [1.29, 1.82) is 0 Å². The van der Waals surface area contributed by atoms with Crippen molar-refractivity contribution in [3.63, 3.8) is 0 Å². The van der Waals surface area contributed by atoms with E-state index in [0.29, 0.717) is 11.1 Å². The van der Waals surface area contributed by atoms with Crippen LogP contribution >= 0.6 is 11.6 Å². The number of halogens is 1. The molecule has 108 valence electrons. The molecule has 0 unspecified atom stereocenters. The van der Waals surface area contributed by atoms with Crippen molar-refractivity contribution in [2.24, 2.45) is 0 Å². The Hall–Kier alpha value is -1.87. The maximum atomic E-state index is 6.53. The Labute approximate surface area is 129 Å². The summed E-state index contributed by atoms with van der Waals surface area (Å²) in [5.41, 5.74) is 1.17. The van der Waals surface area contributed by atoms with Crippen LogP contribution in [0.3, 0.4) is 0 Å². The highest BCUT2D eigenvalue weighted by molar-refractivity contribution is 6.31. The number of fused-ring (bicyclic) bond motifs is 1. The highest BCUT2D eigenvalue weighted by atomic mass is 35.5. The van der Waals surface area contributed by atoms with E-state index in [1.165, 1.54) is 10.9 Å². The quantitative estimate of drug-likeness (QED) is 0.636. The van der Waals surface area contributed by atoms with E-state index in [4.69, 9.17) is 11.6 Å². The standard InChI is InChI=1S/C17H18ClN3/c1-3-12(4-2)15-13-7-5-6-8-14(13)17(20-16(15)18)21-10-9-19-11-21/h5-12H,3-4H2,1-2H3. The third-order valence-electron chi connectivity index (χ3n) is 4.03. The lowest BCUT2D eigenvalue weighted by Crippen LogP contribution is -2.04. The van der Waals surface area contributed by atoms with Gasteiger partial charge in [0.2, 0.25) is 0 Å². The minimum atomic E-state index is 0.437. The molecule has 3 rings (SSSR count). The molecule has 0 saturated heterocycles. The SMILES string of the molecule is CCC(CC)c1c(Cl)nc(-n2ccnc2)c2ccccc12. The number of rotatable bonds is 4. The first kappa shape index (κ1) is 14.1. The van der Waals surface area contributed by atoms with Crippen LogP contribution in [0.15, 0.2) is 43.0 Å². The molecule has 4 heteroatoms. The summed E-state index contributed by atoms with van der Waals surface area (Å²) in [5.74, 6) is 1.27. The molecule has 0 amide bonds. The first-order valence-corrected chi connectivity index (χ1v) is 7.70. The molecular formula is C17H18ClN3. The summed E-state index contributed by atoms with van der Waals surface area (Å²) in [6.07, 6.45) is 7.52. The highest BCUT2D eigenvalue weighted by Gasteiger charge is 2.18. The average molecular weight is 300 g/mol. The van der Waals surface area contributed by atoms with Crippen LogP contribution in [0.25, 0.3) is 16.6 Å². The molecule has 0 fully saturated rings. The van der Waals surface area contributed by atoms with Crippen molar-refractivity contribution in [3.8, 4) is 5.82 Å². The molecule has 0 atom stereocenters. The van der Waals surface area contributed by atoms with Gasteiger partial charge in [-0.2, -0.15) is 0 Å². The predicted molar refractivity (Wildman–Crippen MR) is 87.2 cm³/mol. The van der Waals surface area contributed by atoms with E-state index in [2.05, 4.69) is 42.0 Å². The second-order valence-corrected chi connectivity index (χ2v) is 5.53. The summed E-state index contributed by atoms with van der Waals surface area (Å²) < 4.78 is 1.91. The summed E-state index contributed by atoms with van der Waals surface area (Å²) in [7, 11) is 0. The molecule has 0 radical (unpaired) electrons. The fourth-order valence-corrected chi connectivity index (χ4v) is 3.24. The summed E-state index contributed by atoms with van der Waals surface area (Å²) in [5, 5.41) is 2.91. The van der Waals surface area contributed by atoms with Crippen LogP contribution in [-0.4, -0.2) is 14.5 Å². The van der Waals surface area contributed by atoms with Crippen molar-refractivity contribution in [1.82, 2.24) is 14.5 Å². The largest absolute Gasteiger partial charge is 0.290 e. The smallest absolute Gasteiger partial charge is 0.147 e. The van der Waals surface area contributed by atoms with E-state index in [-0.39, 0.29) is 0 Å². The van der Waals surface area contributed by atoms with Crippen molar-refractivity contribution >= 4 is 22.4 Å². The summed E-state index contributed by atoms with van der Waals surface area (Å²) in [4.78, 5) is 8.75. The van der Waals surface area contributed by atoms with Crippen LogP contribution in [0.2, 0.25) is 5.15 Å². The third-order valence-corrected chi connectivity index (χ3v) is 4.32. The highest BCUT2D eigenvalue weighted by Crippen LogP contribution is 2.36. The zero-order chi connectivity index (χ0) is 14.8. The van der Waals surface area contributed by atoms with Gasteiger partial charge < -0.3 is 0 Å². The van der Waals surface area contributed by atoms with E-state index < -0.39 is 0 Å². The number of imidazole rings is 1. The molecule has 0 bridgehead atoms. The van der Waals surface area contributed by atoms with Gasteiger partial charge in [0.25, 0.3) is 0 Å². The van der Waals surface area contributed by atoms with E-state index >= 15 is 0 Å². The zero-order valence-electron chi connectivity index (χ0n) is 12.3. The monoisotopic (exact) mass is 299 g/mol. The fraction of sp³-hybridized carbons (Fsp3) is 0.294. The first-order chi connectivity index (χ1) is 10.3. The lowest BCUT2D eigenvalue weighted by molar-refractivity contribution is 0.644. The van der Waals surface area contributed by atoms with Gasteiger partial charge in [-0.1, -0.05) is 49.7 Å². The van der Waals surface area contributed by atoms with Crippen LogP contribution in [-0.2, 0) is 0 Å². The zero-order valence-corrected chi connectivity index (χ0v) is 13.0. The van der Waals surface area contributed by atoms with Crippen LogP contribution in [0, 0.1) is 0 Å². The minimum absolute atomic E-state index is 0.437. The number of aromatic nitrogens is 3. The molecule has 2 heterocycles. The lowest BCUT2D eigenvalue weighted by atomic mass is 9.91. The van der Waals surface area contributed by atoms with Crippen LogP contribution in [0.4, 0.5) is 0 Å². The van der Waals surface area contributed by atoms with Gasteiger partial charge in [-0.05, 0) is 24.1 Å². The Morgan fingerprint density at radius 1 is 1.14 bits per heavy atom. The summed E-state index contributed by atoms with van der Waals surface area (Å²) in [6.45, 7) is 4.39.